The van der Waals surface area contributed by atoms with Gasteiger partial charge in [-0.05, 0) is 36.4 Å². The minimum Gasteiger partial charge on any atom is -0.497 e. The summed E-state index contributed by atoms with van der Waals surface area (Å²) in [5, 5.41) is 15.0. The molecule has 2 aromatic carbocycles. The second kappa shape index (κ2) is 8.63. The molecule has 0 unspecified atom stereocenters. The van der Waals surface area contributed by atoms with Crippen LogP contribution in [0.1, 0.15) is 17.2 Å². The van der Waals surface area contributed by atoms with Crippen molar-refractivity contribution in [1.82, 2.24) is 5.32 Å². The van der Waals surface area contributed by atoms with E-state index < -0.39 is 23.9 Å². The molecule has 2 aromatic rings. The Hall–Kier alpha value is -2.94. The molecular formula is C18H19F3N2O4. The number of alkyl halides is 3. The third-order valence-corrected chi connectivity index (χ3v) is 3.70. The fourth-order valence-corrected chi connectivity index (χ4v) is 2.35. The van der Waals surface area contributed by atoms with E-state index in [-0.39, 0.29) is 12.2 Å². The largest absolute Gasteiger partial charge is 0.497 e. The average molecular weight is 384 g/mol. The van der Waals surface area contributed by atoms with Crippen molar-refractivity contribution in [2.24, 2.45) is 0 Å². The first kappa shape index (κ1) is 20.4. The van der Waals surface area contributed by atoms with E-state index in [0.29, 0.717) is 17.1 Å². The average Bonchev–Trinajstić information content (AvgIpc) is 2.65. The van der Waals surface area contributed by atoms with Gasteiger partial charge in [0.2, 0.25) is 0 Å². The lowest BCUT2D eigenvalue weighted by Gasteiger charge is -2.17. The first-order valence-corrected chi connectivity index (χ1v) is 7.86. The minimum atomic E-state index is -4.51. The Kier molecular flexibility index (Phi) is 6.51. The van der Waals surface area contributed by atoms with Crippen LogP contribution in [0.5, 0.6) is 11.5 Å². The molecule has 6 nitrogen and oxygen atoms in total. The zero-order chi connectivity index (χ0) is 20.0. The molecule has 0 spiro atoms. The first-order chi connectivity index (χ1) is 12.7. The van der Waals surface area contributed by atoms with Crippen molar-refractivity contribution < 1.29 is 32.5 Å². The maximum absolute atomic E-state index is 12.7. The van der Waals surface area contributed by atoms with Crippen LogP contribution in [0.4, 0.5) is 23.7 Å². The number of hydrogen-bond acceptors (Lipinski definition) is 4. The van der Waals surface area contributed by atoms with E-state index in [4.69, 9.17) is 9.47 Å². The van der Waals surface area contributed by atoms with Crippen LogP contribution in [0.25, 0.3) is 0 Å². The fraction of sp³-hybridized carbons (Fsp3) is 0.278. The van der Waals surface area contributed by atoms with Gasteiger partial charge in [0, 0.05) is 17.8 Å². The summed E-state index contributed by atoms with van der Waals surface area (Å²) >= 11 is 0. The van der Waals surface area contributed by atoms with Crippen LogP contribution >= 0.6 is 0 Å². The van der Waals surface area contributed by atoms with Gasteiger partial charge in [-0.3, -0.25) is 0 Å². The summed E-state index contributed by atoms with van der Waals surface area (Å²) in [4.78, 5) is 11.9. The molecule has 0 aliphatic carbocycles. The molecule has 2 rings (SSSR count). The van der Waals surface area contributed by atoms with Crippen LogP contribution in [0, 0.1) is 0 Å². The number of ether oxygens (including phenoxy) is 2. The number of benzene rings is 2. The van der Waals surface area contributed by atoms with E-state index >= 15 is 0 Å². The summed E-state index contributed by atoms with van der Waals surface area (Å²) in [5.74, 6) is 0.904. The molecule has 1 atom stereocenters. The van der Waals surface area contributed by atoms with Crippen molar-refractivity contribution in [1.29, 1.82) is 0 Å². The molecule has 0 radical (unpaired) electrons. The number of halogens is 3. The van der Waals surface area contributed by atoms with Gasteiger partial charge in [-0.25, -0.2) is 4.79 Å². The van der Waals surface area contributed by atoms with Gasteiger partial charge in [0.05, 0.1) is 19.8 Å². The lowest BCUT2D eigenvalue weighted by atomic mass is 10.1. The molecule has 0 aliphatic rings. The minimum absolute atomic E-state index is 0.0178. The van der Waals surface area contributed by atoms with Crippen LogP contribution in [0.2, 0.25) is 0 Å². The quantitative estimate of drug-likeness (QED) is 0.711. The molecule has 0 aromatic heterocycles. The zero-order valence-electron chi connectivity index (χ0n) is 14.6. The molecular weight excluding hydrogens is 365 g/mol. The number of aliphatic hydroxyl groups excluding tert-OH is 1. The normalized spacial score (nSPS) is 12.2. The first-order valence-electron chi connectivity index (χ1n) is 7.86. The molecule has 9 heteroatoms. The highest BCUT2D eigenvalue weighted by Crippen LogP contribution is 2.31. The highest BCUT2D eigenvalue weighted by atomic mass is 19.4. The Morgan fingerprint density at radius 3 is 2.52 bits per heavy atom. The zero-order valence-corrected chi connectivity index (χ0v) is 14.6. The number of rotatable bonds is 6. The summed E-state index contributed by atoms with van der Waals surface area (Å²) in [6, 6.07) is 8.32. The van der Waals surface area contributed by atoms with E-state index in [1.54, 1.807) is 18.2 Å². The van der Waals surface area contributed by atoms with Gasteiger partial charge in [-0.1, -0.05) is 6.07 Å². The van der Waals surface area contributed by atoms with Crippen LogP contribution in [-0.4, -0.2) is 31.9 Å². The molecule has 0 heterocycles. The number of methoxy groups -OCH3 is 2. The number of aliphatic hydroxyl groups is 1. The van der Waals surface area contributed by atoms with Crippen LogP contribution in [0.3, 0.4) is 0 Å². The predicted octanol–water partition coefficient (Wildman–Crippen LogP) is 3.58. The van der Waals surface area contributed by atoms with E-state index in [0.717, 1.165) is 12.1 Å². The van der Waals surface area contributed by atoms with Crippen LogP contribution < -0.4 is 20.1 Å². The highest BCUT2D eigenvalue weighted by Gasteiger charge is 2.30. The Bertz CT molecular complexity index is 796. The summed E-state index contributed by atoms with van der Waals surface area (Å²) < 4.78 is 48.3. The van der Waals surface area contributed by atoms with Gasteiger partial charge < -0.3 is 25.2 Å². The smallest absolute Gasteiger partial charge is 0.416 e. The number of carbonyl (C=O) groups excluding carboxylic acids is 1. The number of nitrogens with one attached hydrogen (secondary N) is 2. The van der Waals surface area contributed by atoms with Crippen LogP contribution in [-0.2, 0) is 6.18 Å². The maximum Gasteiger partial charge on any atom is 0.416 e. The summed E-state index contributed by atoms with van der Waals surface area (Å²) in [7, 11) is 2.91. The molecule has 0 saturated heterocycles. The van der Waals surface area contributed by atoms with Crippen molar-refractivity contribution in [2.75, 3.05) is 26.1 Å². The monoisotopic (exact) mass is 384 g/mol. The van der Waals surface area contributed by atoms with Crippen molar-refractivity contribution in [3.63, 3.8) is 0 Å². The topological polar surface area (TPSA) is 79.8 Å². The molecule has 2 amide bonds. The van der Waals surface area contributed by atoms with Crippen LogP contribution in [0.15, 0.2) is 42.5 Å². The van der Waals surface area contributed by atoms with E-state index in [1.807, 2.05) is 0 Å². The number of anilines is 1. The third-order valence-electron chi connectivity index (χ3n) is 3.70. The van der Waals surface area contributed by atoms with Gasteiger partial charge in [-0.2, -0.15) is 13.2 Å². The maximum atomic E-state index is 12.7. The second-order valence-corrected chi connectivity index (χ2v) is 5.54. The number of amides is 2. The SMILES string of the molecule is COc1ccc(OC)c([C@@H](O)CNC(=O)Nc2cccc(C(F)(F)F)c2)c1. The summed E-state index contributed by atoms with van der Waals surface area (Å²) in [6.07, 6.45) is -5.62. The van der Waals surface area contributed by atoms with Gasteiger partial charge in [0.15, 0.2) is 0 Å². The summed E-state index contributed by atoms with van der Waals surface area (Å²) in [5.41, 5.74) is -0.492. The Morgan fingerprint density at radius 1 is 1.15 bits per heavy atom. The number of urea groups is 1. The van der Waals surface area contributed by atoms with Crippen molar-refractivity contribution >= 4 is 11.7 Å². The van der Waals surface area contributed by atoms with E-state index in [1.165, 1.54) is 26.4 Å². The molecule has 0 fully saturated rings. The van der Waals surface area contributed by atoms with Crippen molar-refractivity contribution in [2.45, 2.75) is 12.3 Å². The standard InChI is InChI=1S/C18H19F3N2O4/c1-26-13-6-7-16(27-2)14(9-13)15(24)10-22-17(25)23-12-5-3-4-11(8-12)18(19,20)21/h3-9,15,24H,10H2,1-2H3,(H2,22,23,25)/t15-/m0/s1. The van der Waals surface area contributed by atoms with Crippen molar-refractivity contribution in [3.8, 4) is 11.5 Å². The molecule has 3 N–H and O–H groups in total. The Labute approximate surface area is 153 Å². The second-order valence-electron chi connectivity index (χ2n) is 5.54. The highest BCUT2D eigenvalue weighted by molar-refractivity contribution is 5.89. The van der Waals surface area contributed by atoms with E-state index in [9.17, 15) is 23.1 Å². The third kappa shape index (κ3) is 5.52. The molecule has 0 saturated carbocycles. The molecule has 146 valence electrons. The Morgan fingerprint density at radius 2 is 1.89 bits per heavy atom. The number of carbonyl (C=O) groups is 1. The molecule has 0 bridgehead atoms. The molecule has 0 aliphatic heterocycles. The fourth-order valence-electron chi connectivity index (χ4n) is 2.35. The summed E-state index contributed by atoms with van der Waals surface area (Å²) in [6.45, 7) is -0.186. The van der Waals surface area contributed by atoms with Crippen molar-refractivity contribution in [3.05, 3.63) is 53.6 Å². The lowest BCUT2D eigenvalue weighted by Crippen LogP contribution is -2.32. The van der Waals surface area contributed by atoms with Gasteiger partial charge in [0.1, 0.15) is 17.6 Å². The molecule has 27 heavy (non-hydrogen) atoms. The van der Waals surface area contributed by atoms with Gasteiger partial charge in [0.25, 0.3) is 0 Å². The lowest BCUT2D eigenvalue weighted by molar-refractivity contribution is -0.137. The van der Waals surface area contributed by atoms with E-state index in [2.05, 4.69) is 10.6 Å². The van der Waals surface area contributed by atoms with Gasteiger partial charge in [-0.15, -0.1) is 0 Å². The Balaban J connectivity index is 2.00. The van der Waals surface area contributed by atoms with Gasteiger partial charge >= 0.3 is 12.2 Å². The predicted molar refractivity (Wildman–Crippen MR) is 93.0 cm³/mol. The number of hydrogen-bond donors (Lipinski definition) is 3.